The molecule has 0 aliphatic heterocycles. The molecule has 0 heterocycles. The predicted molar refractivity (Wildman–Crippen MR) is 189 cm³/mol. The maximum Gasteiger partial charge on any atom is 0.411 e. The first-order valence-corrected chi connectivity index (χ1v) is 15.4. The van der Waals surface area contributed by atoms with Gasteiger partial charge in [0.15, 0.2) is 0 Å². The zero-order valence-electron chi connectivity index (χ0n) is 27.4. The number of hydrogen-bond donors (Lipinski definition) is 3. The van der Waals surface area contributed by atoms with Crippen LogP contribution in [0.25, 0.3) is 0 Å². The highest BCUT2D eigenvalue weighted by atomic mass is 16.5. The van der Waals surface area contributed by atoms with Crippen molar-refractivity contribution in [1.29, 1.82) is 0 Å². The van der Waals surface area contributed by atoms with E-state index in [0.717, 1.165) is 5.56 Å². The fraction of sp³-hybridized carbons (Fsp3) is 0.0789. The van der Waals surface area contributed by atoms with Crippen molar-refractivity contribution < 1.29 is 38.2 Å². The molecule has 0 saturated heterocycles. The Morgan fingerprint density at radius 3 is 1.65 bits per heavy atom. The summed E-state index contributed by atoms with van der Waals surface area (Å²) in [6, 6.07) is 32.4. The summed E-state index contributed by atoms with van der Waals surface area (Å²) < 4.78 is 14.9. The summed E-state index contributed by atoms with van der Waals surface area (Å²) in [6.07, 6.45) is -0.662. The van der Waals surface area contributed by atoms with Crippen LogP contribution in [-0.4, -0.2) is 44.1 Å². The molecule has 5 aromatic carbocycles. The highest BCUT2D eigenvalue weighted by Crippen LogP contribution is 2.26. The number of nitrogens with one attached hydrogen (secondary N) is 3. The van der Waals surface area contributed by atoms with Crippen LogP contribution in [0.5, 0.6) is 0 Å². The van der Waals surface area contributed by atoms with Crippen molar-refractivity contribution in [2.75, 3.05) is 30.2 Å². The number of hydrogen-bond acceptors (Lipinski definition) is 10. The molecule has 0 atom stereocenters. The number of carbonyl (C=O) groups is 5. The maximum absolute atomic E-state index is 13.5. The summed E-state index contributed by atoms with van der Waals surface area (Å²) in [5, 5.41) is 16.5. The number of ether oxygens (including phenoxy) is 3. The van der Waals surface area contributed by atoms with Crippen molar-refractivity contribution in [3.05, 3.63) is 149 Å². The molecule has 0 radical (unpaired) electrons. The molecule has 13 nitrogen and oxygen atoms in total. The Morgan fingerprint density at radius 1 is 0.549 bits per heavy atom. The molecule has 3 amide bonds. The zero-order valence-corrected chi connectivity index (χ0v) is 27.4. The van der Waals surface area contributed by atoms with E-state index in [0.29, 0.717) is 11.4 Å². The molecule has 0 unspecified atom stereocenters. The van der Waals surface area contributed by atoms with Gasteiger partial charge in [-0.25, -0.2) is 14.4 Å². The number of azo groups is 1. The molecule has 51 heavy (non-hydrogen) atoms. The quantitative estimate of drug-likeness (QED) is 0.0714. The minimum atomic E-state index is -0.662. The van der Waals surface area contributed by atoms with Crippen LogP contribution in [0.1, 0.15) is 47.0 Å². The van der Waals surface area contributed by atoms with E-state index in [1.54, 1.807) is 48.5 Å². The Kier molecular flexibility index (Phi) is 11.6. The van der Waals surface area contributed by atoms with Crippen LogP contribution in [-0.2, 0) is 20.8 Å². The summed E-state index contributed by atoms with van der Waals surface area (Å²) in [4.78, 5) is 64.0. The third kappa shape index (κ3) is 9.48. The summed E-state index contributed by atoms with van der Waals surface area (Å²) >= 11 is 0. The third-order valence-electron chi connectivity index (χ3n) is 7.19. The molecule has 0 aliphatic rings. The lowest BCUT2D eigenvalue weighted by Crippen LogP contribution is -2.18. The first-order chi connectivity index (χ1) is 24.7. The first-order valence-electron chi connectivity index (χ1n) is 15.4. The lowest BCUT2D eigenvalue weighted by molar-refractivity contribution is 0.0592. The van der Waals surface area contributed by atoms with E-state index in [1.165, 1.54) is 56.7 Å². The van der Waals surface area contributed by atoms with E-state index in [-0.39, 0.29) is 45.9 Å². The standard InChI is InChI=1S/C38H31N5O8/c1-49-36(46)30-15-6-8-17-32(30)40-34(44)25-19-26(35(45)41-33-18-9-7-16-31(33)37(47)50-2)21-29(20-25)43-42-28-14-10-13-27(22-28)39-38(48)51-23-24-11-4-3-5-12-24/h3-22H,23H2,1-2H3,(H,39,48)(H,40,44)(H,41,45). The van der Waals surface area contributed by atoms with Crippen LogP contribution in [0.3, 0.4) is 0 Å². The first kappa shape index (κ1) is 35.2. The van der Waals surface area contributed by atoms with Gasteiger partial charge in [-0.2, -0.15) is 10.2 Å². The van der Waals surface area contributed by atoms with Crippen LogP contribution in [0, 0.1) is 0 Å². The monoisotopic (exact) mass is 685 g/mol. The third-order valence-corrected chi connectivity index (χ3v) is 7.19. The van der Waals surface area contributed by atoms with Crippen LogP contribution in [0.2, 0.25) is 0 Å². The van der Waals surface area contributed by atoms with Crippen LogP contribution in [0.15, 0.2) is 132 Å². The Morgan fingerprint density at radius 2 is 1.08 bits per heavy atom. The largest absolute Gasteiger partial charge is 0.465 e. The van der Waals surface area contributed by atoms with Crippen molar-refractivity contribution in [1.82, 2.24) is 0 Å². The molecule has 13 heteroatoms. The molecular weight excluding hydrogens is 654 g/mol. The number of rotatable bonds is 11. The number of para-hydroxylation sites is 2. The molecule has 0 saturated carbocycles. The van der Waals surface area contributed by atoms with E-state index in [1.807, 2.05) is 30.3 Å². The second-order valence-corrected chi connectivity index (χ2v) is 10.7. The molecule has 0 bridgehead atoms. The van der Waals surface area contributed by atoms with Crippen LogP contribution >= 0.6 is 0 Å². The fourth-order valence-corrected chi connectivity index (χ4v) is 4.72. The maximum atomic E-state index is 13.5. The van der Waals surface area contributed by atoms with Gasteiger partial charge < -0.3 is 24.8 Å². The van der Waals surface area contributed by atoms with E-state index >= 15 is 0 Å². The van der Waals surface area contributed by atoms with Gasteiger partial charge in [0.05, 0.1) is 48.1 Å². The number of benzene rings is 5. The lowest BCUT2D eigenvalue weighted by Gasteiger charge is -2.12. The molecule has 5 rings (SSSR count). The predicted octanol–water partition coefficient (Wildman–Crippen LogP) is 7.93. The Bertz CT molecular complexity index is 2030. The minimum Gasteiger partial charge on any atom is -0.465 e. The molecule has 0 fully saturated rings. The summed E-state index contributed by atoms with van der Waals surface area (Å²) in [5.74, 6) is -2.63. The normalized spacial score (nSPS) is 10.5. The average Bonchev–Trinajstić information content (AvgIpc) is 3.16. The average molecular weight is 686 g/mol. The molecule has 256 valence electrons. The highest BCUT2D eigenvalue weighted by molar-refractivity contribution is 6.12. The summed E-state index contributed by atoms with van der Waals surface area (Å²) in [6.45, 7) is 0.0917. The second-order valence-electron chi connectivity index (χ2n) is 10.7. The van der Waals surface area contributed by atoms with E-state index in [2.05, 4.69) is 26.2 Å². The van der Waals surface area contributed by atoms with Gasteiger partial charge in [-0.05, 0) is 66.2 Å². The summed E-state index contributed by atoms with van der Waals surface area (Å²) in [7, 11) is 2.45. The Balaban J connectivity index is 1.41. The zero-order chi connectivity index (χ0) is 36.2. The lowest BCUT2D eigenvalue weighted by atomic mass is 10.1. The van der Waals surface area contributed by atoms with Gasteiger partial charge in [-0.3, -0.25) is 14.9 Å². The molecule has 5 aromatic rings. The topological polar surface area (TPSA) is 174 Å². The number of carbonyl (C=O) groups excluding carboxylic acids is 5. The van der Waals surface area contributed by atoms with Crippen molar-refractivity contribution in [2.45, 2.75) is 6.61 Å². The fourth-order valence-electron chi connectivity index (χ4n) is 4.72. The van der Waals surface area contributed by atoms with E-state index < -0.39 is 29.8 Å². The van der Waals surface area contributed by atoms with Crippen molar-refractivity contribution >= 4 is 58.3 Å². The number of anilines is 3. The van der Waals surface area contributed by atoms with Crippen molar-refractivity contribution in [2.24, 2.45) is 10.2 Å². The molecule has 0 spiro atoms. The molecule has 0 aliphatic carbocycles. The molecule has 3 N–H and O–H groups in total. The van der Waals surface area contributed by atoms with Gasteiger partial charge in [-0.15, -0.1) is 0 Å². The number of esters is 2. The smallest absolute Gasteiger partial charge is 0.411 e. The molecular formula is C38H31N5O8. The highest BCUT2D eigenvalue weighted by Gasteiger charge is 2.19. The Hall–Kier alpha value is -7.15. The van der Waals surface area contributed by atoms with Crippen LogP contribution < -0.4 is 16.0 Å². The molecule has 0 aromatic heterocycles. The van der Waals surface area contributed by atoms with Gasteiger partial charge in [0.2, 0.25) is 0 Å². The Labute approximate surface area is 292 Å². The number of nitrogens with zero attached hydrogens (tertiary/aromatic N) is 2. The van der Waals surface area contributed by atoms with E-state index in [9.17, 15) is 24.0 Å². The minimum absolute atomic E-state index is 0.00843. The van der Waals surface area contributed by atoms with E-state index in [4.69, 9.17) is 14.2 Å². The van der Waals surface area contributed by atoms with Crippen molar-refractivity contribution in [3.63, 3.8) is 0 Å². The SMILES string of the molecule is COC(=O)c1ccccc1NC(=O)c1cc(N=Nc2cccc(NC(=O)OCc3ccccc3)c2)cc(C(=O)Nc2ccccc2C(=O)OC)c1. The summed E-state index contributed by atoms with van der Waals surface area (Å²) in [5.41, 5.74) is 2.33. The second kappa shape index (κ2) is 16.8. The van der Waals surface area contributed by atoms with Gasteiger partial charge in [-0.1, -0.05) is 60.7 Å². The number of methoxy groups -OCH3 is 2. The van der Waals surface area contributed by atoms with Gasteiger partial charge in [0.1, 0.15) is 6.61 Å². The van der Waals surface area contributed by atoms with Crippen LogP contribution in [0.4, 0.5) is 33.2 Å². The van der Waals surface area contributed by atoms with Gasteiger partial charge >= 0.3 is 18.0 Å². The number of amides is 3. The van der Waals surface area contributed by atoms with Crippen molar-refractivity contribution in [3.8, 4) is 0 Å². The van der Waals surface area contributed by atoms with Gasteiger partial charge in [0.25, 0.3) is 11.8 Å². The van der Waals surface area contributed by atoms with Gasteiger partial charge in [0, 0.05) is 16.8 Å².